The summed E-state index contributed by atoms with van der Waals surface area (Å²) in [6, 6.07) is 0.459. The van der Waals surface area contributed by atoms with Gasteiger partial charge in [0.05, 0.1) is 19.3 Å². The lowest BCUT2D eigenvalue weighted by atomic mass is 10.0. The monoisotopic (exact) mass is 141 g/mol. The van der Waals surface area contributed by atoms with Gasteiger partial charge in [0.25, 0.3) is 0 Å². The van der Waals surface area contributed by atoms with Crippen molar-refractivity contribution in [1.82, 2.24) is 5.32 Å². The van der Waals surface area contributed by atoms with Crippen LogP contribution in [-0.4, -0.2) is 19.3 Å². The Bertz CT molecular complexity index is 131. The van der Waals surface area contributed by atoms with Gasteiger partial charge in [-0.3, -0.25) is 0 Å². The summed E-state index contributed by atoms with van der Waals surface area (Å²) in [6.07, 6.45) is 0. The van der Waals surface area contributed by atoms with Crippen molar-refractivity contribution >= 4 is 0 Å². The third kappa shape index (κ3) is 1.74. The van der Waals surface area contributed by atoms with Crippen LogP contribution in [-0.2, 0) is 4.74 Å². The first kappa shape index (κ1) is 7.61. The van der Waals surface area contributed by atoms with E-state index in [9.17, 15) is 0 Å². The number of morpholine rings is 1. The van der Waals surface area contributed by atoms with Crippen LogP contribution in [0.2, 0.25) is 0 Å². The number of ether oxygens (including phenoxy) is 1. The second-order valence-electron chi connectivity index (χ2n) is 3.11. The van der Waals surface area contributed by atoms with Crippen LogP contribution < -0.4 is 5.32 Å². The molecule has 0 spiro atoms. The van der Waals surface area contributed by atoms with Crippen LogP contribution in [0, 0.1) is 5.92 Å². The zero-order valence-electron chi connectivity index (χ0n) is 6.68. The molecule has 2 nitrogen and oxygen atoms in total. The van der Waals surface area contributed by atoms with Crippen LogP contribution in [0.25, 0.3) is 0 Å². The average molecular weight is 141 g/mol. The van der Waals surface area contributed by atoms with Crippen molar-refractivity contribution in [3.8, 4) is 0 Å². The Kier molecular flexibility index (Phi) is 2.33. The first-order chi connectivity index (χ1) is 4.70. The highest BCUT2D eigenvalue weighted by molar-refractivity contribution is 4.97. The number of rotatable bonds is 1. The molecule has 1 heterocycles. The van der Waals surface area contributed by atoms with Crippen molar-refractivity contribution in [1.29, 1.82) is 0 Å². The maximum atomic E-state index is 5.29. The maximum Gasteiger partial charge on any atom is 0.0857 e. The predicted octanol–water partition coefficient (Wildman–Crippen LogP) is 1.14. The lowest BCUT2D eigenvalue weighted by molar-refractivity contribution is 0.0853. The molecule has 0 amide bonds. The summed E-state index contributed by atoms with van der Waals surface area (Å²) in [5, 5.41) is 3.30. The van der Waals surface area contributed by atoms with Gasteiger partial charge in [0.2, 0.25) is 0 Å². The molecule has 0 saturated carbocycles. The van der Waals surface area contributed by atoms with Gasteiger partial charge >= 0.3 is 0 Å². The molecule has 1 aliphatic rings. The second-order valence-corrected chi connectivity index (χ2v) is 3.11. The van der Waals surface area contributed by atoms with Crippen LogP contribution in [0.3, 0.4) is 0 Å². The highest BCUT2D eigenvalue weighted by Gasteiger charge is 2.17. The lowest BCUT2D eigenvalue weighted by Gasteiger charge is -2.29. The van der Waals surface area contributed by atoms with Crippen molar-refractivity contribution in [3.63, 3.8) is 0 Å². The Morgan fingerprint density at radius 3 is 2.80 bits per heavy atom. The molecule has 0 aromatic carbocycles. The molecular weight excluding hydrogens is 126 g/mol. The van der Waals surface area contributed by atoms with Gasteiger partial charge in [-0.05, 0) is 5.92 Å². The van der Waals surface area contributed by atoms with Gasteiger partial charge in [-0.1, -0.05) is 20.4 Å². The van der Waals surface area contributed by atoms with Crippen LogP contribution >= 0.6 is 0 Å². The Morgan fingerprint density at radius 2 is 2.40 bits per heavy atom. The molecule has 1 fully saturated rings. The summed E-state index contributed by atoms with van der Waals surface area (Å²) >= 11 is 0. The fourth-order valence-electron chi connectivity index (χ4n) is 1.01. The van der Waals surface area contributed by atoms with E-state index in [4.69, 9.17) is 4.74 Å². The summed E-state index contributed by atoms with van der Waals surface area (Å²) in [5.74, 6) is 0.622. The van der Waals surface area contributed by atoms with Crippen LogP contribution in [0.1, 0.15) is 13.8 Å². The van der Waals surface area contributed by atoms with Gasteiger partial charge < -0.3 is 10.1 Å². The molecule has 58 valence electrons. The van der Waals surface area contributed by atoms with Gasteiger partial charge in [0, 0.05) is 5.70 Å². The minimum absolute atomic E-state index is 0.459. The summed E-state index contributed by atoms with van der Waals surface area (Å²) in [6.45, 7) is 9.66. The molecular formula is C8H15NO. The molecule has 10 heavy (non-hydrogen) atoms. The maximum absolute atomic E-state index is 5.29. The Labute approximate surface area is 62.3 Å². The minimum Gasteiger partial charge on any atom is -0.382 e. The van der Waals surface area contributed by atoms with Gasteiger partial charge in [-0.2, -0.15) is 0 Å². The molecule has 0 aliphatic carbocycles. The number of nitrogens with one attached hydrogen (secondary N) is 1. The van der Waals surface area contributed by atoms with Gasteiger partial charge in [-0.25, -0.2) is 0 Å². The van der Waals surface area contributed by atoms with Crippen molar-refractivity contribution in [3.05, 3.63) is 12.3 Å². The zero-order chi connectivity index (χ0) is 7.56. The molecule has 2 heteroatoms. The van der Waals surface area contributed by atoms with Crippen LogP contribution in [0.4, 0.5) is 0 Å². The van der Waals surface area contributed by atoms with Crippen LogP contribution in [0.5, 0.6) is 0 Å². The first-order valence-corrected chi connectivity index (χ1v) is 3.72. The summed E-state index contributed by atoms with van der Waals surface area (Å²) in [5.41, 5.74) is 1.00. The first-order valence-electron chi connectivity index (χ1n) is 3.72. The molecule has 1 aliphatic heterocycles. The Balaban J connectivity index is 2.39. The van der Waals surface area contributed by atoms with E-state index in [2.05, 4.69) is 25.7 Å². The fraction of sp³-hybridized carbons (Fsp3) is 0.750. The third-order valence-corrected chi connectivity index (χ3v) is 1.77. The fourth-order valence-corrected chi connectivity index (χ4v) is 1.01. The highest BCUT2D eigenvalue weighted by Crippen LogP contribution is 2.08. The highest BCUT2D eigenvalue weighted by atomic mass is 16.5. The quantitative estimate of drug-likeness (QED) is 0.591. The molecule has 0 aromatic rings. The van der Waals surface area contributed by atoms with Gasteiger partial charge in [-0.15, -0.1) is 0 Å². The predicted molar refractivity (Wildman–Crippen MR) is 41.7 cm³/mol. The summed E-state index contributed by atoms with van der Waals surface area (Å²) < 4.78 is 5.29. The smallest absolute Gasteiger partial charge is 0.0857 e. The SMILES string of the molecule is C=C1COCC(C(C)C)N1. The summed E-state index contributed by atoms with van der Waals surface area (Å²) in [7, 11) is 0. The average Bonchev–Trinajstić information content (AvgIpc) is 1.88. The normalized spacial score (nSPS) is 26.7. The van der Waals surface area contributed by atoms with Crippen molar-refractivity contribution < 1.29 is 4.74 Å². The van der Waals surface area contributed by atoms with E-state index in [-0.39, 0.29) is 0 Å². The third-order valence-electron chi connectivity index (χ3n) is 1.77. The number of hydrogen-bond donors (Lipinski definition) is 1. The molecule has 0 radical (unpaired) electrons. The zero-order valence-corrected chi connectivity index (χ0v) is 6.68. The van der Waals surface area contributed by atoms with E-state index in [0.29, 0.717) is 18.6 Å². The molecule has 1 saturated heterocycles. The molecule has 1 atom stereocenters. The van der Waals surface area contributed by atoms with E-state index in [0.717, 1.165) is 12.3 Å². The van der Waals surface area contributed by atoms with Gasteiger partial charge in [0.15, 0.2) is 0 Å². The molecule has 1 rings (SSSR count). The van der Waals surface area contributed by atoms with Crippen molar-refractivity contribution in [2.45, 2.75) is 19.9 Å². The van der Waals surface area contributed by atoms with E-state index in [1.807, 2.05) is 0 Å². The second kappa shape index (κ2) is 3.06. The van der Waals surface area contributed by atoms with Crippen molar-refractivity contribution in [2.75, 3.05) is 13.2 Å². The standard InChI is InChI=1S/C8H15NO/c1-6(2)8-5-10-4-7(3)9-8/h6,8-9H,3-5H2,1-2H3. The Morgan fingerprint density at radius 1 is 1.70 bits per heavy atom. The van der Waals surface area contributed by atoms with Crippen molar-refractivity contribution in [2.24, 2.45) is 5.92 Å². The number of hydrogen-bond acceptors (Lipinski definition) is 2. The largest absolute Gasteiger partial charge is 0.382 e. The molecule has 1 unspecified atom stereocenters. The lowest BCUT2D eigenvalue weighted by Crippen LogP contribution is -2.42. The minimum atomic E-state index is 0.459. The van der Waals surface area contributed by atoms with E-state index < -0.39 is 0 Å². The topological polar surface area (TPSA) is 21.3 Å². The Hall–Kier alpha value is -0.500. The molecule has 0 aromatic heterocycles. The van der Waals surface area contributed by atoms with Crippen LogP contribution in [0.15, 0.2) is 12.3 Å². The summed E-state index contributed by atoms with van der Waals surface area (Å²) in [4.78, 5) is 0. The van der Waals surface area contributed by atoms with E-state index >= 15 is 0 Å². The molecule has 1 N–H and O–H groups in total. The van der Waals surface area contributed by atoms with E-state index in [1.165, 1.54) is 0 Å². The van der Waals surface area contributed by atoms with E-state index in [1.54, 1.807) is 0 Å². The molecule has 0 bridgehead atoms. The van der Waals surface area contributed by atoms with Gasteiger partial charge in [0.1, 0.15) is 0 Å².